The van der Waals surface area contributed by atoms with Crippen LogP contribution in [0.5, 0.6) is 0 Å². The highest BCUT2D eigenvalue weighted by atomic mass is 16.5. The van der Waals surface area contributed by atoms with Crippen molar-refractivity contribution in [3.63, 3.8) is 0 Å². The highest BCUT2D eigenvalue weighted by molar-refractivity contribution is 5.77. The Kier molecular flexibility index (Phi) is 5.01. The summed E-state index contributed by atoms with van der Waals surface area (Å²) >= 11 is 0. The number of esters is 1. The largest absolute Gasteiger partial charge is 0.468 e. The summed E-state index contributed by atoms with van der Waals surface area (Å²) in [6.07, 6.45) is 0. The predicted octanol–water partition coefficient (Wildman–Crippen LogP) is 2.31. The number of anilines is 2. The van der Waals surface area contributed by atoms with Crippen molar-refractivity contribution in [3.05, 3.63) is 60.2 Å². The van der Waals surface area contributed by atoms with Crippen molar-refractivity contribution in [2.24, 2.45) is 0 Å². The third kappa shape index (κ3) is 3.51. The quantitative estimate of drug-likeness (QED) is 0.690. The van der Waals surface area contributed by atoms with Crippen molar-refractivity contribution < 1.29 is 9.53 Å². The molecule has 0 aliphatic carbocycles. The molecule has 1 fully saturated rings. The van der Waals surface area contributed by atoms with E-state index in [0.29, 0.717) is 0 Å². The van der Waals surface area contributed by atoms with Gasteiger partial charge >= 0.3 is 5.97 Å². The zero-order valence-corrected chi connectivity index (χ0v) is 13.9. The van der Waals surface area contributed by atoms with Crippen LogP contribution in [0.4, 0.5) is 11.4 Å². The Bertz CT molecular complexity index is 665. The number of piperazine rings is 1. The van der Waals surface area contributed by atoms with Crippen LogP contribution >= 0.6 is 0 Å². The molecule has 5 nitrogen and oxygen atoms in total. The first-order chi connectivity index (χ1) is 11.7. The number of nitrogen functional groups attached to an aromatic ring is 1. The van der Waals surface area contributed by atoms with Crippen molar-refractivity contribution >= 4 is 17.3 Å². The van der Waals surface area contributed by atoms with Gasteiger partial charge in [-0.05, 0) is 29.8 Å². The van der Waals surface area contributed by atoms with Crippen LogP contribution in [-0.2, 0) is 9.53 Å². The molecular formula is C19H23N3O2. The smallest absolute Gasteiger partial charge is 0.327 e. The Morgan fingerprint density at radius 2 is 1.62 bits per heavy atom. The van der Waals surface area contributed by atoms with Crippen LogP contribution in [0, 0.1) is 0 Å². The number of carbonyl (C=O) groups is 1. The van der Waals surface area contributed by atoms with Crippen molar-refractivity contribution in [3.8, 4) is 0 Å². The first-order valence-electron chi connectivity index (χ1n) is 8.16. The molecular weight excluding hydrogens is 302 g/mol. The molecule has 1 aliphatic rings. The van der Waals surface area contributed by atoms with Gasteiger partial charge in [0.15, 0.2) is 0 Å². The van der Waals surface area contributed by atoms with E-state index >= 15 is 0 Å². The highest BCUT2D eigenvalue weighted by Gasteiger charge is 2.31. The van der Waals surface area contributed by atoms with E-state index in [1.165, 1.54) is 7.11 Å². The standard InChI is InChI=1S/C19H23N3O2/c1-24-19(23)18(15-5-3-2-4-6-15)22-13-11-21(12-14-22)17-9-7-16(20)8-10-17/h2-10,18H,11-14,20H2,1H3. The highest BCUT2D eigenvalue weighted by Crippen LogP contribution is 2.25. The normalized spacial score (nSPS) is 16.6. The fraction of sp³-hybridized carbons (Fsp3) is 0.316. The molecule has 2 aromatic rings. The molecule has 5 heteroatoms. The lowest BCUT2D eigenvalue weighted by atomic mass is 10.0. The molecule has 3 rings (SSSR count). The van der Waals surface area contributed by atoms with Gasteiger partial charge in [-0.25, -0.2) is 4.79 Å². The van der Waals surface area contributed by atoms with Crippen LogP contribution in [0.1, 0.15) is 11.6 Å². The molecule has 1 saturated heterocycles. The molecule has 0 aromatic heterocycles. The number of hydrogen-bond donors (Lipinski definition) is 1. The SMILES string of the molecule is COC(=O)C(c1ccccc1)N1CCN(c2ccc(N)cc2)CC1. The minimum atomic E-state index is -0.343. The Labute approximate surface area is 142 Å². The molecule has 0 bridgehead atoms. The summed E-state index contributed by atoms with van der Waals surface area (Å²) in [7, 11) is 1.45. The van der Waals surface area contributed by atoms with Crippen LogP contribution in [0.2, 0.25) is 0 Å². The summed E-state index contributed by atoms with van der Waals surface area (Å²) in [5.41, 5.74) is 8.67. The van der Waals surface area contributed by atoms with Crippen LogP contribution in [0.15, 0.2) is 54.6 Å². The number of rotatable bonds is 4. The zero-order valence-electron chi connectivity index (χ0n) is 13.9. The number of carbonyl (C=O) groups excluding carboxylic acids is 1. The average molecular weight is 325 g/mol. The molecule has 0 radical (unpaired) electrons. The summed E-state index contributed by atoms with van der Waals surface area (Å²) in [6.45, 7) is 3.34. The molecule has 2 N–H and O–H groups in total. The summed E-state index contributed by atoms with van der Waals surface area (Å²) in [5.74, 6) is -0.206. The molecule has 0 saturated carbocycles. The Morgan fingerprint density at radius 1 is 1.00 bits per heavy atom. The molecule has 2 aromatic carbocycles. The Morgan fingerprint density at radius 3 is 2.21 bits per heavy atom. The lowest BCUT2D eigenvalue weighted by Crippen LogP contribution is -2.49. The number of nitrogens with two attached hydrogens (primary N) is 1. The third-order valence-electron chi connectivity index (χ3n) is 4.48. The fourth-order valence-electron chi connectivity index (χ4n) is 3.17. The summed E-state index contributed by atoms with van der Waals surface area (Å²) in [6, 6.07) is 17.4. The van der Waals surface area contributed by atoms with Gasteiger partial charge < -0.3 is 15.4 Å². The Balaban J connectivity index is 1.71. The second-order valence-corrected chi connectivity index (χ2v) is 5.95. The fourth-order valence-corrected chi connectivity index (χ4v) is 3.17. The maximum absolute atomic E-state index is 12.3. The maximum atomic E-state index is 12.3. The van der Waals surface area contributed by atoms with Crippen molar-refractivity contribution in [2.45, 2.75) is 6.04 Å². The van der Waals surface area contributed by atoms with E-state index in [1.54, 1.807) is 0 Å². The molecule has 1 atom stereocenters. The zero-order chi connectivity index (χ0) is 16.9. The minimum absolute atomic E-state index is 0.206. The van der Waals surface area contributed by atoms with Gasteiger partial charge in [-0.15, -0.1) is 0 Å². The molecule has 0 spiro atoms. The molecule has 126 valence electrons. The molecule has 1 heterocycles. The summed E-state index contributed by atoms with van der Waals surface area (Å²) in [5, 5.41) is 0. The predicted molar refractivity (Wildman–Crippen MR) is 95.8 cm³/mol. The van der Waals surface area contributed by atoms with E-state index in [2.05, 4.69) is 9.80 Å². The van der Waals surface area contributed by atoms with Crippen molar-refractivity contribution in [1.82, 2.24) is 4.90 Å². The van der Waals surface area contributed by atoms with Crippen molar-refractivity contribution in [1.29, 1.82) is 0 Å². The summed E-state index contributed by atoms with van der Waals surface area (Å²) < 4.78 is 5.04. The lowest BCUT2D eigenvalue weighted by Gasteiger charge is -2.39. The van der Waals surface area contributed by atoms with Crippen LogP contribution in [-0.4, -0.2) is 44.2 Å². The first-order valence-corrected chi connectivity index (χ1v) is 8.16. The molecule has 0 amide bonds. The lowest BCUT2D eigenvalue weighted by molar-refractivity contribution is -0.147. The van der Waals surface area contributed by atoms with Gasteiger partial charge in [-0.2, -0.15) is 0 Å². The van der Waals surface area contributed by atoms with Gasteiger partial charge in [0.1, 0.15) is 6.04 Å². The molecule has 1 unspecified atom stereocenters. The van der Waals surface area contributed by atoms with E-state index in [1.807, 2.05) is 54.6 Å². The van der Waals surface area contributed by atoms with Crippen LogP contribution in [0.3, 0.4) is 0 Å². The second kappa shape index (κ2) is 7.36. The minimum Gasteiger partial charge on any atom is -0.468 e. The molecule has 1 aliphatic heterocycles. The van der Waals surface area contributed by atoms with Gasteiger partial charge in [-0.1, -0.05) is 30.3 Å². The van der Waals surface area contributed by atoms with E-state index in [-0.39, 0.29) is 12.0 Å². The van der Waals surface area contributed by atoms with Gasteiger partial charge in [0.2, 0.25) is 0 Å². The number of methoxy groups -OCH3 is 1. The monoisotopic (exact) mass is 325 g/mol. The van der Waals surface area contributed by atoms with Gasteiger partial charge in [0, 0.05) is 37.6 Å². The van der Waals surface area contributed by atoms with E-state index in [4.69, 9.17) is 10.5 Å². The Hall–Kier alpha value is -2.53. The second-order valence-electron chi connectivity index (χ2n) is 5.95. The van der Waals surface area contributed by atoms with E-state index in [0.717, 1.165) is 43.1 Å². The molecule has 24 heavy (non-hydrogen) atoms. The first kappa shape index (κ1) is 16.3. The van der Waals surface area contributed by atoms with Crippen LogP contribution < -0.4 is 10.6 Å². The van der Waals surface area contributed by atoms with E-state index < -0.39 is 0 Å². The maximum Gasteiger partial charge on any atom is 0.327 e. The van der Waals surface area contributed by atoms with Gasteiger partial charge in [0.05, 0.1) is 7.11 Å². The number of ether oxygens (including phenoxy) is 1. The van der Waals surface area contributed by atoms with Gasteiger partial charge in [0.25, 0.3) is 0 Å². The third-order valence-corrected chi connectivity index (χ3v) is 4.48. The van der Waals surface area contributed by atoms with Crippen molar-refractivity contribution in [2.75, 3.05) is 43.9 Å². The number of nitrogens with zero attached hydrogens (tertiary/aromatic N) is 2. The average Bonchev–Trinajstić information content (AvgIpc) is 2.64. The topological polar surface area (TPSA) is 58.8 Å². The van der Waals surface area contributed by atoms with Crippen LogP contribution in [0.25, 0.3) is 0 Å². The van der Waals surface area contributed by atoms with Gasteiger partial charge in [-0.3, -0.25) is 4.90 Å². The summed E-state index contributed by atoms with van der Waals surface area (Å²) in [4.78, 5) is 16.8. The van der Waals surface area contributed by atoms with E-state index in [9.17, 15) is 4.79 Å². The number of benzene rings is 2. The number of hydrogen-bond acceptors (Lipinski definition) is 5.